The van der Waals surface area contributed by atoms with Crippen LogP contribution in [0.15, 0.2) is 48.7 Å². The lowest BCUT2D eigenvalue weighted by Crippen LogP contribution is -2.49. The first kappa shape index (κ1) is 23.8. The molecule has 0 aliphatic carbocycles. The topological polar surface area (TPSA) is 139 Å². The summed E-state index contributed by atoms with van der Waals surface area (Å²) in [4.78, 5) is 47.0. The first-order chi connectivity index (χ1) is 16.7. The Morgan fingerprint density at radius 1 is 1.09 bits per heavy atom. The number of amides is 1. The van der Waals surface area contributed by atoms with Gasteiger partial charge in [-0.05, 0) is 38.1 Å². The number of aliphatic hydroxyl groups excluding tert-OH is 1. The molecule has 4 rings (SSSR count). The van der Waals surface area contributed by atoms with Gasteiger partial charge in [0.2, 0.25) is 0 Å². The van der Waals surface area contributed by atoms with Gasteiger partial charge in [-0.2, -0.15) is 0 Å². The van der Waals surface area contributed by atoms with E-state index in [-0.39, 0.29) is 17.5 Å². The van der Waals surface area contributed by atoms with Crippen LogP contribution in [-0.2, 0) is 9.59 Å². The van der Waals surface area contributed by atoms with E-state index in [1.165, 1.54) is 0 Å². The smallest absolute Gasteiger partial charge is 0.376 e. The van der Waals surface area contributed by atoms with Crippen LogP contribution in [0.25, 0.3) is 16.7 Å². The molecule has 0 saturated carbocycles. The summed E-state index contributed by atoms with van der Waals surface area (Å²) in [5.74, 6) is -2.71. The molecule has 0 radical (unpaired) electrons. The van der Waals surface area contributed by atoms with Crippen molar-refractivity contribution in [1.82, 2.24) is 14.9 Å². The number of rotatable bonds is 7. The average molecular weight is 478 g/mol. The highest BCUT2D eigenvalue weighted by molar-refractivity contribution is 6.38. The molecule has 4 N–H and O–H groups in total. The van der Waals surface area contributed by atoms with Gasteiger partial charge in [-0.25, -0.2) is 9.78 Å². The Morgan fingerprint density at radius 2 is 1.83 bits per heavy atom. The predicted molar refractivity (Wildman–Crippen MR) is 133 cm³/mol. The van der Waals surface area contributed by atoms with Crippen molar-refractivity contribution in [2.45, 2.75) is 19.9 Å². The molecule has 2 aromatic heterocycles. The second-order valence-corrected chi connectivity index (χ2v) is 8.60. The molecule has 1 aliphatic heterocycles. The van der Waals surface area contributed by atoms with Crippen LogP contribution in [0.5, 0.6) is 0 Å². The maximum Gasteiger partial charge on any atom is 0.376 e. The third-order valence-electron chi connectivity index (χ3n) is 5.74. The van der Waals surface area contributed by atoms with Crippen molar-refractivity contribution in [2.75, 3.05) is 36.4 Å². The van der Waals surface area contributed by atoms with Crippen molar-refractivity contribution >= 4 is 45.8 Å². The fraction of sp³-hybridized carbons (Fsp3) is 0.280. The van der Waals surface area contributed by atoms with Gasteiger partial charge >= 0.3 is 5.97 Å². The summed E-state index contributed by atoms with van der Waals surface area (Å²) >= 11 is 0. The number of nitrogens with one attached hydrogen (secondary N) is 2. The van der Waals surface area contributed by atoms with E-state index in [9.17, 15) is 19.5 Å². The van der Waals surface area contributed by atoms with Crippen molar-refractivity contribution in [3.05, 3.63) is 59.9 Å². The number of aliphatic hydroxyl groups is 1. The van der Waals surface area contributed by atoms with E-state index in [1.54, 1.807) is 35.4 Å². The molecule has 10 nitrogen and oxygen atoms in total. The van der Waals surface area contributed by atoms with E-state index in [4.69, 9.17) is 5.11 Å². The third kappa shape index (κ3) is 5.11. The van der Waals surface area contributed by atoms with Crippen LogP contribution >= 0.6 is 0 Å². The quantitative estimate of drug-likeness (QED) is 0.231. The molecule has 1 aromatic carbocycles. The number of aromatic amines is 1. The van der Waals surface area contributed by atoms with Crippen LogP contribution in [0, 0.1) is 0 Å². The molecule has 1 fully saturated rings. The number of carbonyl (C=O) groups is 3. The molecular formula is C25H27N5O5. The summed E-state index contributed by atoms with van der Waals surface area (Å²) in [7, 11) is 0. The Labute approximate surface area is 201 Å². The maximum atomic E-state index is 13.2. The third-order valence-corrected chi connectivity index (χ3v) is 5.74. The molecule has 35 heavy (non-hydrogen) atoms. The van der Waals surface area contributed by atoms with Gasteiger partial charge in [0.25, 0.3) is 11.7 Å². The summed E-state index contributed by atoms with van der Waals surface area (Å²) in [5.41, 5.74) is 1.98. The zero-order valence-electron chi connectivity index (χ0n) is 19.5. The number of pyridine rings is 1. The Bertz CT molecular complexity index is 1300. The largest absolute Gasteiger partial charge is 0.507 e. The highest BCUT2D eigenvalue weighted by atomic mass is 16.4. The number of benzene rings is 1. The van der Waals surface area contributed by atoms with Crippen LogP contribution in [0.2, 0.25) is 0 Å². The van der Waals surface area contributed by atoms with Gasteiger partial charge in [0.1, 0.15) is 11.5 Å². The van der Waals surface area contributed by atoms with Gasteiger partial charge in [-0.3, -0.25) is 9.59 Å². The lowest BCUT2D eigenvalue weighted by atomic mass is 10.1. The number of hydrogen-bond donors (Lipinski definition) is 4. The second kappa shape index (κ2) is 9.88. The highest BCUT2D eigenvalue weighted by Gasteiger charge is 2.25. The fourth-order valence-corrected chi connectivity index (χ4v) is 4.11. The van der Waals surface area contributed by atoms with Crippen LogP contribution < -0.4 is 10.2 Å². The van der Waals surface area contributed by atoms with Crippen molar-refractivity contribution in [3.8, 4) is 0 Å². The zero-order chi connectivity index (χ0) is 25.1. The molecule has 1 amide bonds. The Morgan fingerprint density at radius 3 is 2.51 bits per heavy atom. The second-order valence-electron chi connectivity index (χ2n) is 8.60. The molecule has 0 atom stereocenters. The monoisotopic (exact) mass is 477 g/mol. The van der Waals surface area contributed by atoms with Gasteiger partial charge in [0.15, 0.2) is 5.82 Å². The summed E-state index contributed by atoms with van der Waals surface area (Å²) < 4.78 is 0. The molecule has 0 unspecified atom stereocenters. The van der Waals surface area contributed by atoms with Gasteiger partial charge < -0.3 is 30.3 Å². The predicted octanol–water partition coefficient (Wildman–Crippen LogP) is 2.90. The number of hydrogen-bond acceptors (Lipinski definition) is 7. The summed E-state index contributed by atoms with van der Waals surface area (Å²) in [6.45, 7) is 6.41. The first-order valence-corrected chi connectivity index (χ1v) is 11.3. The van der Waals surface area contributed by atoms with E-state index < -0.39 is 17.5 Å². The number of fused-ring (bicyclic) bond motifs is 1. The molecule has 0 bridgehead atoms. The summed E-state index contributed by atoms with van der Waals surface area (Å²) in [5, 5.41) is 23.1. The van der Waals surface area contributed by atoms with E-state index in [0.717, 1.165) is 11.5 Å². The summed E-state index contributed by atoms with van der Waals surface area (Å²) in [6.07, 6.45) is 2.41. The van der Waals surface area contributed by atoms with Gasteiger partial charge in [0, 0.05) is 55.4 Å². The fourth-order valence-electron chi connectivity index (χ4n) is 4.11. The number of aromatic nitrogens is 2. The van der Waals surface area contributed by atoms with Crippen LogP contribution in [0.1, 0.15) is 29.9 Å². The molecule has 182 valence electrons. The van der Waals surface area contributed by atoms with Gasteiger partial charge in [-0.1, -0.05) is 12.1 Å². The molecular weight excluding hydrogens is 450 g/mol. The van der Waals surface area contributed by atoms with Crippen LogP contribution in [0.3, 0.4) is 0 Å². The minimum Gasteiger partial charge on any atom is -0.507 e. The molecule has 10 heteroatoms. The summed E-state index contributed by atoms with van der Waals surface area (Å²) in [6, 6.07) is 10.8. The van der Waals surface area contributed by atoms with Crippen molar-refractivity contribution in [2.24, 2.45) is 0 Å². The molecule has 1 aliphatic rings. The molecule has 3 heterocycles. The molecule has 3 aromatic rings. The number of ketones is 1. The number of carbonyl (C=O) groups excluding carboxylic acids is 2. The maximum absolute atomic E-state index is 13.2. The number of piperazine rings is 1. The minimum atomic E-state index is -1.66. The normalized spacial score (nSPS) is 14.4. The number of carboxylic acid groups (broad SMARTS) is 1. The highest BCUT2D eigenvalue weighted by Crippen LogP contribution is 2.27. The van der Waals surface area contributed by atoms with Crippen molar-refractivity contribution in [3.63, 3.8) is 0 Å². The lowest BCUT2D eigenvalue weighted by Gasteiger charge is -2.36. The number of nitrogens with zero attached hydrogens (tertiary/aromatic N) is 3. The molecule has 0 spiro atoms. The van der Waals surface area contributed by atoms with E-state index in [0.29, 0.717) is 48.9 Å². The van der Waals surface area contributed by atoms with Crippen molar-refractivity contribution < 1.29 is 24.6 Å². The number of para-hydroxylation sites is 1. The number of H-pyrrole nitrogens is 1. The average Bonchev–Trinajstić information content (AvgIpc) is 3.28. The Hall–Kier alpha value is -4.34. The van der Waals surface area contributed by atoms with E-state index in [2.05, 4.69) is 34.0 Å². The SMILES string of the molecule is CC(C)Nc1cccnc1N1CCN(C(=O)c2cc3cccc(/C(O)=C/C(=O)C(=O)O)c3[nH]2)CC1. The van der Waals surface area contributed by atoms with Crippen LogP contribution in [-0.4, -0.2) is 75.0 Å². The zero-order valence-corrected chi connectivity index (χ0v) is 19.5. The van der Waals surface area contributed by atoms with Gasteiger partial charge in [0.05, 0.1) is 11.2 Å². The standard InChI is InChI=1S/C25H27N5O5/c1-15(2)27-18-7-4-8-26-23(18)29-9-11-30(12-10-29)24(33)19-13-16-5-3-6-17(22(16)28-19)20(31)14-21(32)25(34)35/h3-8,13-15,27-28,31H,9-12H2,1-2H3,(H,34,35)/b20-14-. The minimum absolute atomic E-state index is 0.182. The Balaban J connectivity index is 1.51. The Kier molecular flexibility index (Phi) is 6.72. The van der Waals surface area contributed by atoms with Crippen LogP contribution in [0.4, 0.5) is 11.5 Å². The van der Waals surface area contributed by atoms with E-state index in [1.807, 2.05) is 12.1 Å². The number of anilines is 2. The number of carboxylic acids is 1. The van der Waals surface area contributed by atoms with Crippen molar-refractivity contribution in [1.29, 1.82) is 0 Å². The number of aliphatic carboxylic acids is 1. The first-order valence-electron chi connectivity index (χ1n) is 11.3. The van der Waals surface area contributed by atoms with E-state index >= 15 is 0 Å². The molecule has 1 saturated heterocycles. The van der Waals surface area contributed by atoms with Gasteiger partial charge in [-0.15, -0.1) is 0 Å². The lowest BCUT2D eigenvalue weighted by molar-refractivity contribution is -0.146.